The van der Waals surface area contributed by atoms with E-state index in [4.69, 9.17) is 4.74 Å². The molecule has 0 fully saturated rings. The van der Waals surface area contributed by atoms with Crippen LogP contribution in [0.4, 0.5) is 0 Å². The number of amides is 1. The highest BCUT2D eigenvalue weighted by molar-refractivity contribution is 6.00. The number of aromatic hydroxyl groups is 1. The standard InChI is InChI=1S/C29H29N3O3/c1-4-14-35-22-12-10-21(11-13-22)27-24-25(23-16-18(2)15-19(3)28(23)33)30-31-26(24)29(34)32(27)17-20-8-6-5-7-9-20/h5-13,15-16,27,33H,4,14,17H2,1-3H3,(H,30,31). The van der Waals surface area contributed by atoms with Gasteiger partial charge in [-0.05, 0) is 60.7 Å². The summed E-state index contributed by atoms with van der Waals surface area (Å²) in [5.74, 6) is 0.873. The van der Waals surface area contributed by atoms with Gasteiger partial charge in [0.25, 0.3) is 5.91 Å². The van der Waals surface area contributed by atoms with Crippen molar-refractivity contribution in [1.82, 2.24) is 15.1 Å². The normalized spacial score (nSPS) is 14.9. The number of H-pyrrole nitrogens is 1. The van der Waals surface area contributed by atoms with Gasteiger partial charge < -0.3 is 14.7 Å². The highest BCUT2D eigenvalue weighted by Crippen LogP contribution is 2.46. The minimum Gasteiger partial charge on any atom is -0.507 e. The van der Waals surface area contributed by atoms with Gasteiger partial charge in [-0.2, -0.15) is 5.10 Å². The van der Waals surface area contributed by atoms with E-state index in [1.165, 1.54) is 0 Å². The topological polar surface area (TPSA) is 78.5 Å². The molecule has 3 aromatic carbocycles. The fourth-order valence-electron chi connectivity index (χ4n) is 4.80. The number of carbonyl (C=O) groups excluding carboxylic acids is 1. The third-order valence-corrected chi connectivity index (χ3v) is 6.43. The molecule has 35 heavy (non-hydrogen) atoms. The van der Waals surface area contributed by atoms with Gasteiger partial charge in [0.2, 0.25) is 0 Å². The third kappa shape index (κ3) is 4.16. The lowest BCUT2D eigenvalue weighted by Crippen LogP contribution is -2.29. The summed E-state index contributed by atoms with van der Waals surface area (Å²) in [6.07, 6.45) is 0.935. The summed E-state index contributed by atoms with van der Waals surface area (Å²) in [6, 6.07) is 21.4. The van der Waals surface area contributed by atoms with E-state index in [2.05, 4.69) is 17.1 Å². The SMILES string of the molecule is CCCOc1ccc(C2c3c(-c4cc(C)cc(C)c4O)n[nH]c3C(=O)N2Cc2ccccc2)cc1. The minimum absolute atomic E-state index is 0.109. The predicted molar refractivity (Wildman–Crippen MR) is 136 cm³/mol. The number of phenolic OH excluding ortho intramolecular Hbond substituents is 1. The monoisotopic (exact) mass is 467 g/mol. The fraction of sp³-hybridized carbons (Fsp3) is 0.241. The predicted octanol–water partition coefficient (Wildman–Crippen LogP) is 5.93. The van der Waals surface area contributed by atoms with Gasteiger partial charge >= 0.3 is 0 Å². The number of nitrogens with one attached hydrogen (secondary N) is 1. The van der Waals surface area contributed by atoms with Crippen LogP contribution < -0.4 is 4.74 Å². The number of phenols is 1. The number of hydrogen-bond donors (Lipinski definition) is 2. The summed E-state index contributed by atoms with van der Waals surface area (Å²) < 4.78 is 5.77. The maximum Gasteiger partial charge on any atom is 0.273 e. The van der Waals surface area contributed by atoms with Gasteiger partial charge in [0, 0.05) is 17.7 Å². The van der Waals surface area contributed by atoms with Crippen molar-refractivity contribution in [2.75, 3.05) is 6.61 Å². The summed E-state index contributed by atoms with van der Waals surface area (Å²) in [5, 5.41) is 18.4. The quantitative estimate of drug-likeness (QED) is 0.353. The van der Waals surface area contributed by atoms with Crippen molar-refractivity contribution >= 4 is 5.91 Å². The largest absolute Gasteiger partial charge is 0.507 e. The second kappa shape index (κ2) is 9.29. The Morgan fingerprint density at radius 1 is 1.06 bits per heavy atom. The lowest BCUT2D eigenvalue weighted by Gasteiger charge is -2.27. The number of aromatic nitrogens is 2. The van der Waals surface area contributed by atoms with Gasteiger partial charge in [-0.15, -0.1) is 0 Å². The molecular weight excluding hydrogens is 438 g/mol. The van der Waals surface area contributed by atoms with Crippen LogP contribution in [0.1, 0.15) is 57.7 Å². The Morgan fingerprint density at radius 2 is 1.80 bits per heavy atom. The molecule has 0 bridgehead atoms. The van der Waals surface area contributed by atoms with Crippen molar-refractivity contribution in [1.29, 1.82) is 0 Å². The van der Waals surface area contributed by atoms with Crippen molar-refractivity contribution in [3.8, 4) is 22.8 Å². The first-order valence-electron chi connectivity index (χ1n) is 11.9. The van der Waals surface area contributed by atoms with E-state index in [0.717, 1.165) is 40.0 Å². The van der Waals surface area contributed by atoms with Crippen LogP contribution in [-0.4, -0.2) is 32.7 Å². The van der Waals surface area contributed by atoms with Crippen LogP contribution in [0.25, 0.3) is 11.3 Å². The van der Waals surface area contributed by atoms with Crippen molar-refractivity contribution in [2.45, 2.75) is 39.8 Å². The molecule has 1 atom stereocenters. The van der Waals surface area contributed by atoms with Crippen LogP contribution in [0.5, 0.6) is 11.5 Å². The zero-order valence-electron chi connectivity index (χ0n) is 20.2. The van der Waals surface area contributed by atoms with Gasteiger partial charge in [0.1, 0.15) is 22.9 Å². The molecule has 2 heterocycles. The number of ether oxygens (including phenoxy) is 1. The van der Waals surface area contributed by atoms with Crippen LogP contribution in [0, 0.1) is 13.8 Å². The Balaban J connectivity index is 1.63. The summed E-state index contributed by atoms with van der Waals surface area (Å²) in [4.78, 5) is 15.5. The van der Waals surface area contributed by atoms with Crippen LogP contribution in [0.3, 0.4) is 0 Å². The molecule has 0 saturated heterocycles. The number of fused-ring (bicyclic) bond motifs is 1. The smallest absolute Gasteiger partial charge is 0.273 e. The van der Waals surface area contributed by atoms with Gasteiger partial charge in [0.05, 0.1) is 12.6 Å². The molecule has 1 aromatic heterocycles. The Bertz CT molecular complexity index is 1360. The third-order valence-electron chi connectivity index (χ3n) is 6.43. The highest BCUT2D eigenvalue weighted by Gasteiger charge is 2.42. The van der Waals surface area contributed by atoms with Crippen LogP contribution in [0.2, 0.25) is 0 Å². The molecule has 4 aromatic rings. The maximum atomic E-state index is 13.6. The summed E-state index contributed by atoms with van der Waals surface area (Å²) in [7, 11) is 0. The van der Waals surface area contributed by atoms with Crippen LogP contribution in [-0.2, 0) is 6.54 Å². The van der Waals surface area contributed by atoms with E-state index < -0.39 is 0 Å². The first kappa shape index (κ1) is 22.7. The number of hydrogen-bond acceptors (Lipinski definition) is 4. The number of nitrogens with zero attached hydrogens (tertiary/aromatic N) is 2. The van der Waals surface area contributed by atoms with E-state index in [0.29, 0.717) is 30.1 Å². The molecule has 2 N–H and O–H groups in total. The second-order valence-electron chi connectivity index (χ2n) is 9.08. The van der Waals surface area contributed by atoms with E-state index in [1.54, 1.807) is 0 Å². The Labute approximate surface area is 205 Å². The van der Waals surface area contributed by atoms with Crippen LogP contribution in [0.15, 0.2) is 66.7 Å². The molecule has 6 nitrogen and oxygen atoms in total. The molecule has 178 valence electrons. The molecule has 5 rings (SSSR count). The van der Waals surface area contributed by atoms with Gasteiger partial charge in [-0.3, -0.25) is 9.89 Å². The van der Waals surface area contributed by atoms with E-state index >= 15 is 0 Å². The number of rotatable bonds is 7. The first-order chi connectivity index (χ1) is 17.0. The number of aryl methyl sites for hydroxylation is 2. The number of benzene rings is 3. The maximum absolute atomic E-state index is 13.6. The van der Waals surface area contributed by atoms with Crippen molar-refractivity contribution < 1.29 is 14.6 Å². The minimum atomic E-state index is -0.355. The Morgan fingerprint density at radius 3 is 2.51 bits per heavy atom. The zero-order valence-corrected chi connectivity index (χ0v) is 20.2. The molecule has 0 radical (unpaired) electrons. The molecule has 0 spiro atoms. The highest BCUT2D eigenvalue weighted by atomic mass is 16.5. The summed E-state index contributed by atoms with van der Waals surface area (Å²) in [5.41, 5.74) is 6.28. The van der Waals surface area contributed by atoms with Gasteiger partial charge in [-0.1, -0.05) is 55.5 Å². The molecule has 0 aliphatic carbocycles. The first-order valence-corrected chi connectivity index (χ1v) is 11.9. The van der Waals surface area contributed by atoms with Crippen LogP contribution >= 0.6 is 0 Å². The lowest BCUT2D eigenvalue weighted by molar-refractivity contribution is 0.0730. The van der Waals surface area contributed by atoms with E-state index in [1.807, 2.05) is 85.5 Å². The Hall–Kier alpha value is -4.06. The molecule has 1 amide bonds. The summed E-state index contributed by atoms with van der Waals surface area (Å²) in [6.45, 7) is 7.05. The van der Waals surface area contributed by atoms with Crippen molar-refractivity contribution in [3.05, 3.63) is 100 Å². The molecule has 1 unspecified atom stereocenters. The number of aromatic amines is 1. The molecule has 6 heteroatoms. The fourth-order valence-corrected chi connectivity index (χ4v) is 4.80. The van der Waals surface area contributed by atoms with E-state index in [9.17, 15) is 9.90 Å². The molecule has 1 aliphatic rings. The summed E-state index contributed by atoms with van der Waals surface area (Å²) >= 11 is 0. The van der Waals surface area contributed by atoms with Gasteiger partial charge in [0.15, 0.2) is 0 Å². The molecular formula is C29H29N3O3. The second-order valence-corrected chi connectivity index (χ2v) is 9.08. The Kier molecular flexibility index (Phi) is 6.03. The molecule has 1 aliphatic heterocycles. The number of carbonyl (C=O) groups is 1. The average molecular weight is 468 g/mol. The van der Waals surface area contributed by atoms with Gasteiger partial charge in [-0.25, -0.2) is 0 Å². The van der Waals surface area contributed by atoms with Crippen molar-refractivity contribution in [2.24, 2.45) is 0 Å². The zero-order chi connectivity index (χ0) is 24.5. The molecule has 0 saturated carbocycles. The average Bonchev–Trinajstić information content (AvgIpc) is 3.40. The van der Waals surface area contributed by atoms with Crippen molar-refractivity contribution in [3.63, 3.8) is 0 Å². The van der Waals surface area contributed by atoms with E-state index in [-0.39, 0.29) is 17.7 Å². The lowest BCUT2D eigenvalue weighted by atomic mass is 9.94.